The summed E-state index contributed by atoms with van der Waals surface area (Å²) in [4.78, 5) is 0. The summed E-state index contributed by atoms with van der Waals surface area (Å²) >= 11 is 0. The number of aromatic nitrogens is 2. The molecule has 0 aliphatic rings. The molecule has 0 saturated carbocycles. The van der Waals surface area contributed by atoms with Gasteiger partial charge in [0, 0.05) is 32.9 Å². The lowest BCUT2D eigenvalue weighted by molar-refractivity contribution is 1.16. The van der Waals surface area contributed by atoms with E-state index in [1.165, 1.54) is 82.7 Å². The van der Waals surface area contributed by atoms with E-state index < -0.39 is 0 Å². The Morgan fingerprint density at radius 3 is 1.61 bits per heavy atom. The zero-order valence-corrected chi connectivity index (χ0v) is 25.9. The van der Waals surface area contributed by atoms with Gasteiger partial charge in [0.2, 0.25) is 0 Å². The van der Waals surface area contributed by atoms with Crippen molar-refractivity contribution in [2.45, 2.75) is 13.8 Å². The average molecular weight is 589 g/mol. The van der Waals surface area contributed by atoms with E-state index in [1.807, 2.05) is 0 Å². The van der Waals surface area contributed by atoms with Crippen LogP contribution >= 0.6 is 0 Å². The van der Waals surface area contributed by atoms with Crippen LogP contribution in [0.2, 0.25) is 0 Å². The van der Waals surface area contributed by atoms with Crippen molar-refractivity contribution in [3.63, 3.8) is 0 Å². The molecule has 0 aliphatic carbocycles. The van der Waals surface area contributed by atoms with Gasteiger partial charge in [0.1, 0.15) is 0 Å². The van der Waals surface area contributed by atoms with Crippen LogP contribution in [0.4, 0.5) is 0 Å². The predicted octanol–water partition coefficient (Wildman–Crippen LogP) is 11.8. The Balaban J connectivity index is 1.30. The van der Waals surface area contributed by atoms with Crippen LogP contribution in [-0.2, 0) is 0 Å². The molecule has 0 atom stereocenters. The van der Waals surface area contributed by atoms with E-state index in [-0.39, 0.29) is 0 Å². The maximum absolute atomic E-state index is 2.44. The molecule has 0 amide bonds. The summed E-state index contributed by atoms with van der Waals surface area (Å²) in [7, 11) is 0. The van der Waals surface area contributed by atoms with Gasteiger partial charge in [-0.15, -0.1) is 0 Å². The molecule has 2 heteroatoms. The summed E-state index contributed by atoms with van der Waals surface area (Å²) < 4.78 is 4.85. The van der Waals surface area contributed by atoms with E-state index in [1.54, 1.807) is 0 Å². The fourth-order valence-corrected chi connectivity index (χ4v) is 7.36. The molecule has 9 rings (SSSR count). The highest BCUT2D eigenvalue weighted by Gasteiger charge is 2.18. The molecule has 9 aromatic rings. The molecule has 0 unspecified atom stereocenters. The number of fused-ring (bicyclic) bond motifs is 6. The third-order valence-electron chi connectivity index (χ3n) is 9.59. The molecule has 2 aromatic heterocycles. The summed E-state index contributed by atoms with van der Waals surface area (Å²) in [5.74, 6) is 0. The largest absolute Gasteiger partial charge is 0.309 e. The van der Waals surface area contributed by atoms with E-state index in [2.05, 4.69) is 181 Å². The van der Waals surface area contributed by atoms with Crippen LogP contribution in [0, 0.1) is 13.8 Å². The average Bonchev–Trinajstić information content (AvgIpc) is 3.60. The van der Waals surface area contributed by atoms with Crippen molar-refractivity contribution in [2.24, 2.45) is 0 Å². The monoisotopic (exact) mass is 588 g/mol. The molecule has 2 heterocycles. The van der Waals surface area contributed by atoms with Crippen molar-refractivity contribution in [1.82, 2.24) is 9.13 Å². The van der Waals surface area contributed by atoms with Gasteiger partial charge in [-0.25, -0.2) is 0 Å². The van der Waals surface area contributed by atoms with Crippen LogP contribution in [0.15, 0.2) is 158 Å². The highest BCUT2D eigenvalue weighted by molar-refractivity contribution is 6.19. The number of aryl methyl sites for hydroxylation is 2. The minimum absolute atomic E-state index is 1.16. The quantitative estimate of drug-likeness (QED) is 0.194. The van der Waals surface area contributed by atoms with Gasteiger partial charge < -0.3 is 9.13 Å². The van der Waals surface area contributed by atoms with Crippen molar-refractivity contribution in [1.29, 1.82) is 0 Å². The van der Waals surface area contributed by atoms with Gasteiger partial charge in [-0.05, 0) is 102 Å². The molecule has 0 N–H and O–H groups in total. The predicted molar refractivity (Wildman–Crippen MR) is 195 cm³/mol. The van der Waals surface area contributed by atoms with Crippen molar-refractivity contribution >= 4 is 43.6 Å². The lowest BCUT2D eigenvalue weighted by Gasteiger charge is -2.14. The topological polar surface area (TPSA) is 9.86 Å². The second-order valence-corrected chi connectivity index (χ2v) is 12.3. The summed E-state index contributed by atoms with van der Waals surface area (Å²) in [5.41, 5.74) is 14.8. The first-order chi connectivity index (χ1) is 22.7. The first kappa shape index (κ1) is 26.5. The summed E-state index contributed by atoms with van der Waals surface area (Å²) in [6.45, 7) is 4.40. The van der Waals surface area contributed by atoms with Crippen molar-refractivity contribution in [3.05, 3.63) is 169 Å². The van der Waals surface area contributed by atoms with Gasteiger partial charge >= 0.3 is 0 Å². The number of rotatable bonds is 4. The lowest BCUT2D eigenvalue weighted by Crippen LogP contribution is -1.96. The Labute approximate surface area is 268 Å². The Kier molecular flexibility index (Phi) is 5.97. The Morgan fingerprint density at radius 2 is 0.891 bits per heavy atom. The first-order valence-corrected chi connectivity index (χ1v) is 15.9. The highest BCUT2D eigenvalue weighted by atomic mass is 15.0. The number of benzene rings is 7. The summed E-state index contributed by atoms with van der Waals surface area (Å²) in [5, 5.41) is 5.07. The fraction of sp³-hybridized carbons (Fsp3) is 0.0455. The molecule has 0 spiro atoms. The molecule has 2 nitrogen and oxygen atoms in total. The number of hydrogen-bond donors (Lipinski definition) is 0. The van der Waals surface area contributed by atoms with E-state index in [9.17, 15) is 0 Å². The molecule has 7 aromatic carbocycles. The van der Waals surface area contributed by atoms with Crippen LogP contribution in [0.5, 0.6) is 0 Å². The van der Waals surface area contributed by atoms with Crippen molar-refractivity contribution < 1.29 is 0 Å². The summed E-state index contributed by atoms with van der Waals surface area (Å²) in [6, 6.07) is 57.6. The zero-order chi connectivity index (χ0) is 30.8. The van der Waals surface area contributed by atoms with Gasteiger partial charge in [0.05, 0.1) is 22.1 Å². The fourth-order valence-electron chi connectivity index (χ4n) is 7.36. The van der Waals surface area contributed by atoms with Gasteiger partial charge in [0.15, 0.2) is 0 Å². The van der Waals surface area contributed by atoms with Gasteiger partial charge in [-0.3, -0.25) is 0 Å². The van der Waals surface area contributed by atoms with E-state index in [4.69, 9.17) is 0 Å². The molecule has 46 heavy (non-hydrogen) atoms. The summed E-state index contributed by atoms with van der Waals surface area (Å²) in [6.07, 6.45) is 0. The first-order valence-electron chi connectivity index (χ1n) is 15.9. The van der Waals surface area contributed by atoms with Crippen LogP contribution in [-0.4, -0.2) is 9.13 Å². The maximum Gasteiger partial charge on any atom is 0.0562 e. The van der Waals surface area contributed by atoms with Gasteiger partial charge in [-0.1, -0.05) is 103 Å². The molecular weight excluding hydrogens is 556 g/mol. The molecule has 218 valence electrons. The standard InChI is InChI=1S/C44H32N2/c1-29-13-6-7-18-35(29)38-26-32(24-23-30(38)2)31-14-12-17-34(25-31)46-42-22-11-9-20-37(42)40-27-39-36-19-8-10-21-41(36)45(43(39)28-44(40)46)33-15-4-3-5-16-33/h3-28H,1-2H3. The lowest BCUT2D eigenvalue weighted by atomic mass is 9.93. The molecule has 0 fully saturated rings. The van der Waals surface area contributed by atoms with E-state index in [0.717, 1.165) is 5.69 Å². The number of nitrogens with zero attached hydrogens (tertiary/aromatic N) is 2. The molecular formula is C44H32N2. The van der Waals surface area contributed by atoms with Crippen LogP contribution < -0.4 is 0 Å². The smallest absolute Gasteiger partial charge is 0.0562 e. The maximum atomic E-state index is 2.44. The van der Waals surface area contributed by atoms with Crippen molar-refractivity contribution in [3.8, 4) is 33.6 Å². The van der Waals surface area contributed by atoms with Gasteiger partial charge in [0.25, 0.3) is 0 Å². The number of para-hydroxylation sites is 3. The Hall–Kier alpha value is -5.86. The highest BCUT2D eigenvalue weighted by Crippen LogP contribution is 2.40. The minimum atomic E-state index is 1.16. The van der Waals surface area contributed by atoms with E-state index >= 15 is 0 Å². The normalized spacial score (nSPS) is 11.7. The molecule has 0 bridgehead atoms. The zero-order valence-electron chi connectivity index (χ0n) is 25.9. The third kappa shape index (κ3) is 4.04. The SMILES string of the molecule is Cc1ccccc1-c1cc(-c2cccc(-n3c4ccccc4c4cc5c6ccccc6n(-c6ccccc6)c5cc43)c2)ccc1C. The molecule has 0 radical (unpaired) electrons. The minimum Gasteiger partial charge on any atom is -0.309 e. The third-order valence-corrected chi connectivity index (χ3v) is 9.59. The second-order valence-electron chi connectivity index (χ2n) is 12.3. The van der Waals surface area contributed by atoms with E-state index in [0.29, 0.717) is 0 Å². The van der Waals surface area contributed by atoms with Crippen LogP contribution in [0.1, 0.15) is 11.1 Å². The van der Waals surface area contributed by atoms with Crippen LogP contribution in [0.25, 0.3) is 77.2 Å². The Morgan fingerprint density at radius 1 is 0.326 bits per heavy atom. The molecule has 0 saturated heterocycles. The second kappa shape index (κ2) is 10.4. The Bertz CT molecular complexity index is 2600. The van der Waals surface area contributed by atoms with Crippen LogP contribution in [0.3, 0.4) is 0 Å². The van der Waals surface area contributed by atoms with Gasteiger partial charge in [-0.2, -0.15) is 0 Å². The van der Waals surface area contributed by atoms with Crippen molar-refractivity contribution in [2.75, 3.05) is 0 Å². The number of hydrogen-bond acceptors (Lipinski definition) is 0. The molecule has 0 aliphatic heterocycles.